The summed E-state index contributed by atoms with van der Waals surface area (Å²) in [4.78, 5) is 20.0. The van der Waals surface area contributed by atoms with E-state index in [-0.39, 0.29) is 23.2 Å². The zero-order valence-electron chi connectivity index (χ0n) is 12.1. The molecule has 6 heteroatoms. The van der Waals surface area contributed by atoms with E-state index in [9.17, 15) is 13.6 Å². The predicted octanol–water partition coefficient (Wildman–Crippen LogP) is 3.56. The van der Waals surface area contributed by atoms with Gasteiger partial charge in [-0.15, -0.1) is 0 Å². The van der Waals surface area contributed by atoms with E-state index in [2.05, 4.69) is 9.97 Å². The zero-order chi connectivity index (χ0) is 16.1. The number of hydrogen-bond donors (Lipinski definition) is 1. The summed E-state index contributed by atoms with van der Waals surface area (Å²) in [5.41, 5.74) is 2.03. The van der Waals surface area contributed by atoms with Crippen molar-refractivity contribution in [1.82, 2.24) is 14.5 Å². The van der Waals surface area contributed by atoms with E-state index in [1.807, 2.05) is 0 Å². The van der Waals surface area contributed by atoms with Crippen LogP contribution in [-0.4, -0.2) is 20.3 Å². The Labute approximate surface area is 129 Å². The van der Waals surface area contributed by atoms with Crippen molar-refractivity contribution in [2.75, 3.05) is 0 Å². The Morgan fingerprint density at radius 1 is 1.13 bits per heavy atom. The third-order valence-electron chi connectivity index (χ3n) is 3.93. The van der Waals surface area contributed by atoms with Crippen LogP contribution < -0.4 is 0 Å². The average molecular weight is 311 g/mol. The van der Waals surface area contributed by atoms with E-state index in [1.54, 1.807) is 17.7 Å². The highest BCUT2D eigenvalue weighted by molar-refractivity contribution is 6.15. The lowest BCUT2D eigenvalue weighted by atomic mass is 10.1. The smallest absolute Gasteiger partial charge is 0.230 e. The van der Waals surface area contributed by atoms with Gasteiger partial charge in [0.05, 0.1) is 16.6 Å². The van der Waals surface area contributed by atoms with Gasteiger partial charge < -0.3 is 9.55 Å². The van der Waals surface area contributed by atoms with Crippen molar-refractivity contribution < 1.29 is 13.6 Å². The lowest BCUT2D eigenvalue weighted by molar-refractivity contribution is 0.102. The van der Waals surface area contributed by atoms with Crippen LogP contribution in [0.25, 0.3) is 21.9 Å². The molecule has 0 amide bonds. The van der Waals surface area contributed by atoms with Gasteiger partial charge in [0.25, 0.3) is 0 Å². The average Bonchev–Trinajstić information content (AvgIpc) is 3.08. The molecule has 4 rings (SSSR count). The molecule has 0 radical (unpaired) electrons. The highest BCUT2D eigenvalue weighted by atomic mass is 19.1. The second-order valence-electron chi connectivity index (χ2n) is 5.35. The number of hydrogen-bond acceptors (Lipinski definition) is 2. The van der Waals surface area contributed by atoms with Crippen LogP contribution in [0.3, 0.4) is 0 Å². The Morgan fingerprint density at radius 3 is 2.70 bits per heavy atom. The summed E-state index contributed by atoms with van der Waals surface area (Å²) in [5.74, 6) is -0.864. The summed E-state index contributed by atoms with van der Waals surface area (Å²) in [6.45, 7) is 0. The first-order valence-electron chi connectivity index (χ1n) is 6.98. The first-order chi connectivity index (χ1) is 11.0. The number of nitrogens with zero attached hydrogens (tertiary/aromatic N) is 2. The zero-order valence-corrected chi connectivity index (χ0v) is 12.1. The van der Waals surface area contributed by atoms with Crippen LogP contribution in [0.5, 0.6) is 0 Å². The Bertz CT molecular complexity index is 1080. The summed E-state index contributed by atoms with van der Waals surface area (Å²) >= 11 is 0. The third-order valence-corrected chi connectivity index (χ3v) is 3.93. The van der Waals surface area contributed by atoms with Gasteiger partial charge in [-0.3, -0.25) is 4.79 Å². The van der Waals surface area contributed by atoms with Gasteiger partial charge in [0, 0.05) is 24.1 Å². The van der Waals surface area contributed by atoms with Crippen LogP contribution in [0.4, 0.5) is 8.78 Å². The Kier molecular flexibility index (Phi) is 2.81. The molecule has 0 saturated heterocycles. The van der Waals surface area contributed by atoms with Crippen LogP contribution >= 0.6 is 0 Å². The minimum atomic E-state index is -0.387. The SMILES string of the molecule is Cn1c(C(=O)c2c[nH]c3cc(F)ccc23)nc2ccc(F)cc21. The van der Waals surface area contributed by atoms with Gasteiger partial charge in [-0.1, -0.05) is 0 Å². The quantitative estimate of drug-likeness (QED) is 0.575. The first kappa shape index (κ1) is 13.6. The largest absolute Gasteiger partial charge is 0.360 e. The maximum absolute atomic E-state index is 13.4. The van der Waals surface area contributed by atoms with Crippen molar-refractivity contribution in [1.29, 1.82) is 0 Å². The molecule has 0 aliphatic carbocycles. The van der Waals surface area contributed by atoms with Crippen LogP contribution in [0.15, 0.2) is 42.6 Å². The van der Waals surface area contributed by atoms with Gasteiger partial charge in [-0.2, -0.15) is 0 Å². The molecule has 2 aromatic carbocycles. The van der Waals surface area contributed by atoms with Crippen LogP contribution in [0.2, 0.25) is 0 Å². The predicted molar refractivity (Wildman–Crippen MR) is 82.4 cm³/mol. The van der Waals surface area contributed by atoms with Crippen molar-refractivity contribution in [3.63, 3.8) is 0 Å². The summed E-state index contributed by atoms with van der Waals surface area (Å²) < 4.78 is 28.2. The van der Waals surface area contributed by atoms with Crippen LogP contribution in [-0.2, 0) is 7.05 Å². The molecule has 0 aliphatic rings. The van der Waals surface area contributed by atoms with Gasteiger partial charge in [-0.25, -0.2) is 13.8 Å². The normalized spacial score (nSPS) is 11.4. The number of ketones is 1. The number of aryl methyl sites for hydroxylation is 1. The van der Waals surface area contributed by atoms with Crippen molar-refractivity contribution >= 4 is 27.7 Å². The van der Waals surface area contributed by atoms with Crippen molar-refractivity contribution in [2.24, 2.45) is 7.05 Å². The van der Waals surface area contributed by atoms with E-state index in [0.717, 1.165) is 0 Å². The van der Waals surface area contributed by atoms with Gasteiger partial charge in [0.2, 0.25) is 5.78 Å². The fourth-order valence-corrected chi connectivity index (χ4v) is 2.77. The second-order valence-corrected chi connectivity index (χ2v) is 5.35. The second kappa shape index (κ2) is 4.74. The van der Waals surface area contributed by atoms with E-state index in [1.165, 1.54) is 36.5 Å². The number of aromatic nitrogens is 3. The molecule has 2 aromatic heterocycles. The van der Waals surface area contributed by atoms with Gasteiger partial charge >= 0.3 is 0 Å². The molecule has 23 heavy (non-hydrogen) atoms. The molecule has 114 valence electrons. The minimum absolute atomic E-state index is 0.204. The molecular formula is C17H11F2N3O. The molecule has 2 heterocycles. The Balaban J connectivity index is 1.89. The van der Waals surface area contributed by atoms with Crippen molar-refractivity contribution in [3.05, 3.63) is 65.6 Å². The fourth-order valence-electron chi connectivity index (χ4n) is 2.77. The summed E-state index contributed by atoms with van der Waals surface area (Å²) in [5, 5.41) is 0.620. The van der Waals surface area contributed by atoms with E-state index in [0.29, 0.717) is 27.5 Å². The molecule has 0 unspecified atom stereocenters. The number of imidazole rings is 1. The lowest BCUT2D eigenvalue weighted by Crippen LogP contribution is -2.08. The van der Waals surface area contributed by atoms with Gasteiger partial charge in [0.15, 0.2) is 5.82 Å². The summed E-state index contributed by atoms with van der Waals surface area (Å²) in [6.07, 6.45) is 1.53. The summed E-state index contributed by atoms with van der Waals surface area (Å²) in [6, 6.07) is 8.36. The number of carbonyl (C=O) groups excluding carboxylic acids is 1. The third kappa shape index (κ3) is 2.03. The van der Waals surface area contributed by atoms with E-state index < -0.39 is 0 Å². The van der Waals surface area contributed by atoms with Crippen molar-refractivity contribution in [2.45, 2.75) is 0 Å². The van der Waals surface area contributed by atoms with Crippen LogP contribution in [0.1, 0.15) is 16.2 Å². The minimum Gasteiger partial charge on any atom is -0.360 e. The molecular weight excluding hydrogens is 300 g/mol. The van der Waals surface area contributed by atoms with Crippen molar-refractivity contribution in [3.8, 4) is 0 Å². The molecule has 0 bridgehead atoms. The molecule has 0 aliphatic heterocycles. The number of benzene rings is 2. The molecule has 4 nitrogen and oxygen atoms in total. The summed E-state index contributed by atoms with van der Waals surface area (Å²) in [7, 11) is 1.66. The number of nitrogens with one attached hydrogen (secondary N) is 1. The Hall–Kier alpha value is -3.02. The highest BCUT2D eigenvalue weighted by Crippen LogP contribution is 2.24. The number of H-pyrrole nitrogens is 1. The lowest BCUT2D eigenvalue weighted by Gasteiger charge is -2.01. The molecule has 0 fully saturated rings. The number of rotatable bonds is 2. The Morgan fingerprint density at radius 2 is 1.87 bits per heavy atom. The molecule has 0 saturated carbocycles. The maximum Gasteiger partial charge on any atom is 0.230 e. The monoisotopic (exact) mass is 311 g/mol. The molecule has 4 aromatic rings. The maximum atomic E-state index is 13.4. The topological polar surface area (TPSA) is 50.7 Å². The molecule has 1 N–H and O–H groups in total. The van der Waals surface area contributed by atoms with Crippen LogP contribution in [0, 0.1) is 11.6 Å². The number of carbonyl (C=O) groups is 1. The van der Waals surface area contributed by atoms with Gasteiger partial charge in [0.1, 0.15) is 11.6 Å². The number of fused-ring (bicyclic) bond motifs is 2. The van der Waals surface area contributed by atoms with E-state index >= 15 is 0 Å². The molecule has 0 atom stereocenters. The number of halogens is 2. The van der Waals surface area contributed by atoms with Gasteiger partial charge in [-0.05, 0) is 36.4 Å². The standard InChI is InChI=1S/C17H11F2N3O/c1-22-15-7-10(19)3-5-13(15)21-17(22)16(23)12-8-20-14-6-9(18)2-4-11(12)14/h2-8,20H,1H3. The fraction of sp³-hybridized carbons (Fsp3) is 0.0588. The first-order valence-corrected chi connectivity index (χ1v) is 6.98. The highest BCUT2D eigenvalue weighted by Gasteiger charge is 2.20. The number of aromatic amines is 1. The van der Waals surface area contributed by atoms with E-state index in [4.69, 9.17) is 0 Å². The molecule has 0 spiro atoms.